The predicted molar refractivity (Wildman–Crippen MR) is 98.1 cm³/mol. The summed E-state index contributed by atoms with van der Waals surface area (Å²) >= 11 is 0. The molecule has 2 heterocycles. The summed E-state index contributed by atoms with van der Waals surface area (Å²) in [7, 11) is 2.05. The molecule has 1 N–H and O–H groups in total. The fourth-order valence-electron chi connectivity index (χ4n) is 3.39. The van der Waals surface area contributed by atoms with Crippen LogP contribution in [-0.4, -0.2) is 59.6 Å². The minimum atomic E-state index is -0.365. The van der Waals surface area contributed by atoms with Crippen molar-refractivity contribution in [3.8, 4) is 0 Å². The van der Waals surface area contributed by atoms with Crippen molar-refractivity contribution in [3.05, 3.63) is 28.1 Å². The first-order valence-electron chi connectivity index (χ1n) is 9.00. The van der Waals surface area contributed by atoms with E-state index in [0.717, 1.165) is 45.4 Å². The van der Waals surface area contributed by atoms with Crippen LogP contribution < -0.4 is 10.2 Å². The van der Waals surface area contributed by atoms with Crippen molar-refractivity contribution >= 4 is 17.3 Å². The highest BCUT2D eigenvalue weighted by atomic mass is 16.6. The van der Waals surface area contributed by atoms with Crippen LogP contribution in [-0.2, 0) is 0 Å². The predicted octanol–water partition coefficient (Wildman–Crippen LogP) is 2.44. The lowest BCUT2D eigenvalue weighted by atomic mass is 9.97. The van der Waals surface area contributed by atoms with Crippen molar-refractivity contribution in [2.45, 2.75) is 32.1 Å². The largest absolute Gasteiger partial charge is 0.364 e. The maximum atomic E-state index is 11.7. The van der Waals surface area contributed by atoms with Crippen molar-refractivity contribution in [1.82, 2.24) is 14.9 Å². The number of nitro groups is 1. The van der Waals surface area contributed by atoms with E-state index in [9.17, 15) is 10.1 Å². The first kappa shape index (κ1) is 17.6. The molecule has 1 aromatic rings. The maximum Gasteiger partial charge on any atom is 0.353 e. The van der Waals surface area contributed by atoms with E-state index in [1.165, 1.54) is 24.7 Å². The molecule has 0 unspecified atom stereocenters. The standard InChI is InChI=1S/C17H26N6O2/c1-21-9-11-22(12-10-21)17-15(23(24)25)16(19-13-20-17)18-8-7-14-5-3-2-4-6-14/h5,13H,2-4,6-12H2,1H3,(H,18,19,20). The summed E-state index contributed by atoms with van der Waals surface area (Å²) in [5, 5.41) is 14.8. The van der Waals surface area contributed by atoms with E-state index in [1.54, 1.807) is 0 Å². The van der Waals surface area contributed by atoms with Crippen LogP contribution in [0.25, 0.3) is 0 Å². The minimum absolute atomic E-state index is 0.00956. The van der Waals surface area contributed by atoms with Gasteiger partial charge in [-0.15, -0.1) is 0 Å². The van der Waals surface area contributed by atoms with Gasteiger partial charge in [-0.3, -0.25) is 10.1 Å². The van der Waals surface area contributed by atoms with Crippen molar-refractivity contribution in [3.63, 3.8) is 0 Å². The Morgan fingerprint density at radius 3 is 2.72 bits per heavy atom. The molecule has 0 aromatic carbocycles. The quantitative estimate of drug-likeness (QED) is 0.481. The summed E-state index contributed by atoms with van der Waals surface area (Å²) in [6.45, 7) is 3.88. The second-order valence-electron chi connectivity index (χ2n) is 6.73. The van der Waals surface area contributed by atoms with Crippen LogP contribution >= 0.6 is 0 Å². The van der Waals surface area contributed by atoms with Gasteiger partial charge in [0.1, 0.15) is 6.33 Å². The molecule has 1 aromatic heterocycles. The van der Waals surface area contributed by atoms with Crippen LogP contribution in [0.15, 0.2) is 18.0 Å². The molecule has 0 amide bonds. The Hall–Kier alpha value is -2.22. The van der Waals surface area contributed by atoms with Gasteiger partial charge < -0.3 is 15.1 Å². The molecule has 136 valence electrons. The van der Waals surface area contributed by atoms with Gasteiger partial charge in [0.25, 0.3) is 0 Å². The molecule has 1 saturated heterocycles. The summed E-state index contributed by atoms with van der Waals surface area (Å²) in [5.41, 5.74) is 1.43. The molecule has 3 rings (SSSR count). The molecule has 8 nitrogen and oxygen atoms in total. The topological polar surface area (TPSA) is 87.4 Å². The first-order valence-corrected chi connectivity index (χ1v) is 9.00. The van der Waals surface area contributed by atoms with Gasteiger partial charge >= 0.3 is 5.69 Å². The average Bonchev–Trinajstić information content (AvgIpc) is 2.63. The van der Waals surface area contributed by atoms with Gasteiger partial charge in [-0.05, 0) is 39.2 Å². The van der Waals surface area contributed by atoms with Crippen molar-refractivity contribution in [2.24, 2.45) is 0 Å². The van der Waals surface area contributed by atoms with Gasteiger partial charge in [0.15, 0.2) is 0 Å². The second kappa shape index (κ2) is 8.24. The lowest BCUT2D eigenvalue weighted by Gasteiger charge is -2.32. The highest BCUT2D eigenvalue weighted by Crippen LogP contribution is 2.32. The number of nitrogens with one attached hydrogen (secondary N) is 1. The highest BCUT2D eigenvalue weighted by Gasteiger charge is 2.28. The summed E-state index contributed by atoms with van der Waals surface area (Å²) < 4.78 is 0. The average molecular weight is 346 g/mol. The summed E-state index contributed by atoms with van der Waals surface area (Å²) in [6, 6.07) is 0. The second-order valence-corrected chi connectivity index (χ2v) is 6.73. The number of hydrogen-bond donors (Lipinski definition) is 1. The summed E-state index contributed by atoms with van der Waals surface area (Å²) in [5.74, 6) is 0.748. The number of aromatic nitrogens is 2. The van der Waals surface area contributed by atoms with E-state index >= 15 is 0 Å². The molecule has 0 atom stereocenters. The SMILES string of the molecule is CN1CCN(c2ncnc(NCCC3=CCCCC3)c2[N+](=O)[O-])CC1. The molecule has 8 heteroatoms. The highest BCUT2D eigenvalue weighted by molar-refractivity contribution is 5.70. The molecule has 0 radical (unpaired) electrons. The third kappa shape index (κ3) is 4.45. The Bertz CT molecular complexity index is 640. The molecule has 1 fully saturated rings. The molecule has 1 aliphatic heterocycles. The number of piperazine rings is 1. The lowest BCUT2D eigenvalue weighted by Crippen LogP contribution is -2.45. The zero-order valence-corrected chi connectivity index (χ0v) is 14.8. The van der Waals surface area contributed by atoms with E-state index in [2.05, 4.69) is 33.3 Å². The number of likely N-dealkylation sites (N-methyl/N-ethyl adjacent to an activating group) is 1. The molecule has 0 spiro atoms. The Balaban J connectivity index is 1.71. The molecule has 0 saturated carbocycles. The third-order valence-corrected chi connectivity index (χ3v) is 4.91. The van der Waals surface area contributed by atoms with Crippen molar-refractivity contribution < 1.29 is 4.92 Å². The smallest absolute Gasteiger partial charge is 0.353 e. The molecule has 2 aliphatic rings. The van der Waals surface area contributed by atoms with E-state index in [4.69, 9.17) is 0 Å². The van der Waals surface area contributed by atoms with Crippen LogP contribution in [0.4, 0.5) is 17.3 Å². The van der Waals surface area contributed by atoms with Gasteiger partial charge in [-0.2, -0.15) is 0 Å². The Morgan fingerprint density at radius 1 is 1.24 bits per heavy atom. The zero-order chi connectivity index (χ0) is 17.6. The van der Waals surface area contributed by atoms with Gasteiger partial charge in [0.05, 0.1) is 4.92 Å². The van der Waals surface area contributed by atoms with Crippen LogP contribution in [0, 0.1) is 10.1 Å². The first-order chi connectivity index (χ1) is 12.1. The normalized spacial score (nSPS) is 18.8. The molecular formula is C17H26N6O2. The Labute approximate surface area is 148 Å². The number of nitrogens with zero attached hydrogens (tertiary/aromatic N) is 5. The number of rotatable bonds is 6. The minimum Gasteiger partial charge on any atom is -0.364 e. The van der Waals surface area contributed by atoms with E-state index < -0.39 is 0 Å². The van der Waals surface area contributed by atoms with E-state index in [-0.39, 0.29) is 10.6 Å². The Kier molecular flexibility index (Phi) is 5.80. The van der Waals surface area contributed by atoms with Crippen LogP contribution in [0.2, 0.25) is 0 Å². The van der Waals surface area contributed by atoms with Crippen LogP contribution in [0.3, 0.4) is 0 Å². The Morgan fingerprint density at radius 2 is 2.04 bits per heavy atom. The van der Waals surface area contributed by atoms with Gasteiger partial charge in [0, 0.05) is 32.7 Å². The van der Waals surface area contributed by atoms with Gasteiger partial charge in [0.2, 0.25) is 11.6 Å². The van der Waals surface area contributed by atoms with Crippen molar-refractivity contribution in [1.29, 1.82) is 0 Å². The third-order valence-electron chi connectivity index (χ3n) is 4.91. The van der Waals surface area contributed by atoms with Gasteiger partial charge in [-0.25, -0.2) is 9.97 Å². The van der Waals surface area contributed by atoms with Crippen LogP contribution in [0.1, 0.15) is 32.1 Å². The number of allylic oxidation sites excluding steroid dienone is 1. The maximum absolute atomic E-state index is 11.7. The number of hydrogen-bond acceptors (Lipinski definition) is 7. The fraction of sp³-hybridized carbons (Fsp3) is 0.647. The monoisotopic (exact) mass is 346 g/mol. The summed E-state index contributed by atoms with van der Waals surface area (Å²) in [4.78, 5) is 23.8. The van der Waals surface area contributed by atoms with Crippen LogP contribution in [0.5, 0.6) is 0 Å². The zero-order valence-electron chi connectivity index (χ0n) is 14.8. The summed E-state index contributed by atoms with van der Waals surface area (Å²) in [6.07, 6.45) is 9.43. The molecule has 1 aliphatic carbocycles. The number of anilines is 2. The fourth-order valence-corrected chi connectivity index (χ4v) is 3.39. The van der Waals surface area contributed by atoms with E-state index in [0.29, 0.717) is 18.2 Å². The molecular weight excluding hydrogens is 320 g/mol. The molecule has 25 heavy (non-hydrogen) atoms. The van der Waals surface area contributed by atoms with E-state index in [1.807, 2.05) is 4.90 Å². The van der Waals surface area contributed by atoms with Crippen molar-refractivity contribution in [2.75, 3.05) is 50.0 Å². The molecule has 0 bridgehead atoms. The lowest BCUT2D eigenvalue weighted by molar-refractivity contribution is -0.383. The van der Waals surface area contributed by atoms with Gasteiger partial charge in [-0.1, -0.05) is 11.6 Å².